The Hall–Kier alpha value is -2.49. The number of nitrogens with zero attached hydrogens (tertiary/aromatic N) is 2. The number of alkyl halides is 3. The Labute approximate surface area is 233 Å². The van der Waals surface area contributed by atoms with Crippen molar-refractivity contribution >= 4 is 23.8 Å². The summed E-state index contributed by atoms with van der Waals surface area (Å²) in [7, 11) is 3.78. The second kappa shape index (κ2) is 14.2. The fourth-order valence-electron chi connectivity index (χ4n) is 5.22. The van der Waals surface area contributed by atoms with Crippen molar-refractivity contribution in [3.63, 3.8) is 0 Å². The van der Waals surface area contributed by atoms with Crippen LogP contribution < -0.4 is 10.6 Å². The molecule has 3 unspecified atom stereocenters. The largest absolute Gasteiger partial charge is 0.416 e. The van der Waals surface area contributed by atoms with Crippen LogP contribution in [0.15, 0.2) is 36.7 Å². The van der Waals surface area contributed by atoms with E-state index in [-0.39, 0.29) is 29.1 Å². The molecule has 1 saturated heterocycles. The van der Waals surface area contributed by atoms with Crippen molar-refractivity contribution in [3.05, 3.63) is 52.8 Å². The van der Waals surface area contributed by atoms with Gasteiger partial charge < -0.3 is 15.4 Å². The summed E-state index contributed by atoms with van der Waals surface area (Å²) in [5.74, 6) is 0.240. The predicted molar refractivity (Wildman–Crippen MR) is 147 cm³/mol. The van der Waals surface area contributed by atoms with Gasteiger partial charge in [0.15, 0.2) is 0 Å². The molecule has 0 radical (unpaired) electrons. The molecule has 2 heterocycles. The van der Waals surface area contributed by atoms with Crippen LogP contribution in [0.5, 0.6) is 0 Å². The van der Waals surface area contributed by atoms with Crippen LogP contribution in [0.25, 0.3) is 11.1 Å². The first-order valence-electron chi connectivity index (χ1n) is 13.5. The van der Waals surface area contributed by atoms with E-state index < -0.39 is 11.7 Å². The van der Waals surface area contributed by atoms with Crippen LogP contribution in [0.2, 0.25) is 5.02 Å². The van der Waals surface area contributed by atoms with Crippen molar-refractivity contribution in [1.82, 2.24) is 20.5 Å². The number of benzene rings is 1. The number of likely N-dealkylation sites (N-methyl/N-ethyl adjacent to an activating group) is 1. The normalized spacial score (nSPS) is 20.0. The average Bonchev–Trinajstić information content (AvgIpc) is 3.37. The monoisotopic (exact) mass is 566 g/mol. The van der Waals surface area contributed by atoms with Gasteiger partial charge in [-0.3, -0.25) is 14.7 Å². The molecule has 1 aliphatic carbocycles. The zero-order valence-corrected chi connectivity index (χ0v) is 23.5. The molecule has 1 aromatic carbocycles. The molecular weight excluding hydrogens is 529 g/mol. The summed E-state index contributed by atoms with van der Waals surface area (Å²) in [6, 6.07) is 4.96. The van der Waals surface area contributed by atoms with Gasteiger partial charge in [0.25, 0.3) is 0 Å². The minimum atomic E-state index is -4.39. The number of amides is 1. The fraction of sp³-hybridized carbons (Fsp3) is 0.552. The number of rotatable bonds is 7. The van der Waals surface area contributed by atoms with E-state index >= 15 is 0 Å². The van der Waals surface area contributed by atoms with Gasteiger partial charge in [0.05, 0.1) is 17.6 Å². The molecule has 2 fully saturated rings. The van der Waals surface area contributed by atoms with Crippen molar-refractivity contribution in [2.24, 2.45) is 5.92 Å². The van der Waals surface area contributed by atoms with Gasteiger partial charge in [0, 0.05) is 34.6 Å². The van der Waals surface area contributed by atoms with Crippen LogP contribution in [0.1, 0.15) is 69.0 Å². The molecule has 4 rings (SSSR count). The predicted octanol–water partition coefficient (Wildman–Crippen LogP) is 6.05. The van der Waals surface area contributed by atoms with Gasteiger partial charge in [-0.05, 0) is 89.0 Å². The van der Waals surface area contributed by atoms with Crippen LogP contribution in [0.3, 0.4) is 0 Å². The number of carbonyl (C=O) groups excluding carboxylic acids is 2. The summed E-state index contributed by atoms with van der Waals surface area (Å²) < 4.78 is 38.8. The Morgan fingerprint density at radius 3 is 2.44 bits per heavy atom. The van der Waals surface area contributed by atoms with E-state index in [9.17, 15) is 22.8 Å². The highest BCUT2D eigenvalue weighted by molar-refractivity contribution is 6.33. The number of pyridine rings is 1. The third-order valence-electron chi connectivity index (χ3n) is 7.71. The maximum Gasteiger partial charge on any atom is 0.416 e. The maximum atomic E-state index is 12.9. The first kappa shape index (κ1) is 31.0. The highest BCUT2D eigenvalue weighted by Gasteiger charge is 2.31. The van der Waals surface area contributed by atoms with Crippen molar-refractivity contribution < 1.29 is 22.8 Å². The van der Waals surface area contributed by atoms with Crippen LogP contribution >= 0.6 is 11.6 Å². The SMILES string of the molecule is CN1CCCC1c1cncc(-c2cc(C(F)(F)F)ccc2Cl)c1.CNC(C)C(=O)NC(C=O)C1CCCCC1. The van der Waals surface area contributed by atoms with Gasteiger partial charge in [-0.2, -0.15) is 13.2 Å². The van der Waals surface area contributed by atoms with E-state index in [0.717, 1.165) is 56.2 Å². The Balaban J connectivity index is 0.000000231. The number of likely N-dealkylation sites (tertiary alicyclic amines) is 1. The van der Waals surface area contributed by atoms with E-state index in [0.29, 0.717) is 17.0 Å². The summed E-state index contributed by atoms with van der Waals surface area (Å²) in [5, 5.41) is 5.98. The quantitative estimate of drug-likeness (QED) is 0.399. The molecule has 10 heteroatoms. The summed E-state index contributed by atoms with van der Waals surface area (Å²) in [5.41, 5.74) is 1.27. The van der Waals surface area contributed by atoms with Crippen molar-refractivity contribution in [3.8, 4) is 11.1 Å². The highest BCUT2D eigenvalue weighted by atomic mass is 35.5. The lowest BCUT2D eigenvalue weighted by molar-refractivity contribution is -0.137. The van der Waals surface area contributed by atoms with E-state index in [1.807, 2.05) is 13.1 Å². The summed E-state index contributed by atoms with van der Waals surface area (Å²) in [6.07, 6.45) is 7.66. The molecule has 1 aromatic heterocycles. The molecule has 1 aliphatic heterocycles. The molecular formula is C29H38ClF3N4O2. The second-order valence-corrected chi connectivity index (χ2v) is 10.8. The van der Waals surface area contributed by atoms with E-state index in [2.05, 4.69) is 20.5 Å². The molecule has 6 nitrogen and oxygen atoms in total. The maximum absolute atomic E-state index is 12.9. The Morgan fingerprint density at radius 1 is 1.13 bits per heavy atom. The van der Waals surface area contributed by atoms with Crippen molar-refractivity contribution in [1.29, 1.82) is 0 Å². The average molecular weight is 567 g/mol. The van der Waals surface area contributed by atoms with Gasteiger partial charge in [-0.1, -0.05) is 30.9 Å². The number of halogens is 4. The minimum absolute atomic E-state index is 0.0924. The number of hydrogen-bond acceptors (Lipinski definition) is 5. The van der Waals surface area contributed by atoms with Crippen LogP contribution in [0, 0.1) is 5.92 Å². The summed E-state index contributed by atoms with van der Waals surface area (Å²) in [6.45, 7) is 2.80. The van der Waals surface area contributed by atoms with Crippen molar-refractivity contribution in [2.75, 3.05) is 20.6 Å². The molecule has 0 bridgehead atoms. The standard InChI is InChI=1S/C17H16ClF3N2.C12H22N2O2/c1-23-6-2-3-16(23)12-7-11(9-22-10-12)14-8-13(17(19,20)21)4-5-15(14)18;1-9(13-2)12(16)14-11(8-15)10-6-4-3-5-7-10/h4-5,7-10,16H,2-3,6H2,1H3;8-11,13H,3-7H2,1-2H3,(H,14,16). The number of carbonyl (C=O) groups is 2. The fourth-order valence-corrected chi connectivity index (χ4v) is 5.44. The lowest BCUT2D eigenvalue weighted by Gasteiger charge is -2.28. The second-order valence-electron chi connectivity index (χ2n) is 10.4. The summed E-state index contributed by atoms with van der Waals surface area (Å²) >= 11 is 6.12. The lowest BCUT2D eigenvalue weighted by atomic mass is 9.84. The number of nitrogens with one attached hydrogen (secondary N) is 2. The zero-order chi connectivity index (χ0) is 28.6. The lowest BCUT2D eigenvalue weighted by Crippen LogP contribution is -2.48. The molecule has 3 atom stereocenters. The van der Waals surface area contributed by atoms with E-state index in [1.165, 1.54) is 25.3 Å². The van der Waals surface area contributed by atoms with E-state index in [1.54, 1.807) is 26.4 Å². The smallest absolute Gasteiger partial charge is 0.345 e. The van der Waals surface area contributed by atoms with Crippen LogP contribution in [-0.2, 0) is 15.8 Å². The van der Waals surface area contributed by atoms with Gasteiger partial charge in [-0.25, -0.2) is 0 Å². The van der Waals surface area contributed by atoms with Gasteiger partial charge >= 0.3 is 6.18 Å². The van der Waals surface area contributed by atoms with Gasteiger partial charge in [0.2, 0.25) is 5.91 Å². The Kier molecular flexibility index (Phi) is 11.3. The van der Waals surface area contributed by atoms with Crippen LogP contribution in [0.4, 0.5) is 13.2 Å². The first-order valence-corrected chi connectivity index (χ1v) is 13.9. The highest BCUT2D eigenvalue weighted by Crippen LogP contribution is 2.37. The third kappa shape index (κ3) is 8.50. The molecule has 2 aromatic rings. The van der Waals surface area contributed by atoms with E-state index in [4.69, 9.17) is 11.6 Å². The number of aldehydes is 1. The molecule has 39 heavy (non-hydrogen) atoms. The van der Waals surface area contributed by atoms with Gasteiger partial charge in [0.1, 0.15) is 6.29 Å². The first-order chi connectivity index (χ1) is 18.5. The van der Waals surface area contributed by atoms with Crippen LogP contribution in [-0.4, -0.2) is 54.8 Å². The van der Waals surface area contributed by atoms with Gasteiger partial charge in [-0.15, -0.1) is 0 Å². The Bertz CT molecular complexity index is 1110. The van der Waals surface area contributed by atoms with Crippen molar-refractivity contribution in [2.45, 2.75) is 76.2 Å². The molecule has 0 spiro atoms. The number of aromatic nitrogens is 1. The summed E-state index contributed by atoms with van der Waals surface area (Å²) in [4.78, 5) is 29.1. The molecule has 214 valence electrons. The third-order valence-corrected chi connectivity index (χ3v) is 8.04. The Morgan fingerprint density at radius 2 is 1.85 bits per heavy atom. The molecule has 1 amide bonds. The molecule has 1 saturated carbocycles. The zero-order valence-electron chi connectivity index (χ0n) is 22.7. The minimum Gasteiger partial charge on any atom is -0.345 e. The molecule has 2 N–H and O–H groups in total. The number of hydrogen-bond donors (Lipinski definition) is 2. The molecule has 2 aliphatic rings. The topological polar surface area (TPSA) is 74.3 Å².